The number of ether oxygens (including phenoxy) is 1. The van der Waals surface area contributed by atoms with Crippen LogP contribution in [0.3, 0.4) is 0 Å². The first kappa shape index (κ1) is 28.8. The van der Waals surface area contributed by atoms with E-state index in [0.717, 1.165) is 24.3 Å². The molecule has 1 aliphatic carbocycles. The molecule has 1 fully saturated rings. The molecule has 202 valence electrons. The summed E-state index contributed by atoms with van der Waals surface area (Å²) in [6.45, 7) is 1.73. The SMILES string of the molecule is CCc1cccc(C(F)F)c1F.CNc1ncnc2c1cc(C1(OC)CCC(S(C)=O)CC1)c(=O)n2C. The van der Waals surface area contributed by atoms with Crippen molar-refractivity contribution in [2.45, 2.75) is 56.3 Å². The molecule has 1 unspecified atom stereocenters. The zero-order chi connectivity index (χ0) is 27.3. The average Bonchev–Trinajstić information content (AvgIpc) is 2.90. The van der Waals surface area contributed by atoms with Crippen LogP contribution in [0.2, 0.25) is 0 Å². The van der Waals surface area contributed by atoms with Gasteiger partial charge in [0.2, 0.25) is 0 Å². The summed E-state index contributed by atoms with van der Waals surface area (Å²) in [5.74, 6) is -0.0912. The topological polar surface area (TPSA) is 86.1 Å². The van der Waals surface area contributed by atoms with Crippen molar-refractivity contribution in [3.8, 4) is 0 Å². The van der Waals surface area contributed by atoms with E-state index >= 15 is 0 Å². The molecule has 0 amide bonds. The van der Waals surface area contributed by atoms with Gasteiger partial charge in [0.15, 0.2) is 0 Å². The Morgan fingerprint density at radius 3 is 2.49 bits per heavy atom. The number of aromatic nitrogens is 3. The van der Waals surface area contributed by atoms with E-state index in [1.807, 2.05) is 6.07 Å². The van der Waals surface area contributed by atoms with E-state index in [1.54, 1.807) is 39.0 Å². The summed E-state index contributed by atoms with van der Waals surface area (Å²) in [6.07, 6.45) is 3.82. The molecule has 4 rings (SSSR count). The average molecular weight is 539 g/mol. The van der Waals surface area contributed by atoms with Gasteiger partial charge < -0.3 is 10.1 Å². The number of rotatable bonds is 6. The smallest absolute Gasteiger partial charge is 0.266 e. The monoisotopic (exact) mass is 538 g/mol. The standard InChI is InChI=1S/C17H24N4O3S.C9H9F3/c1-18-14-12-9-13(16(22)21(2)15(12)20-10-19-14)17(24-3)7-5-11(6-8-17)25(4)23;1-2-6-4-3-5-7(8(6)10)9(11)12/h9-11H,5-8H2,1-4H3,(H,18,19,20);3-5,9H,2H2,1H3. The number of alkyl halides is 2. The third-order valence-corrected chi connectivity index (χ3v) is 8.47. The largest absolute Gasteiger partial charge is 0.373 e. The zero-order valence-electron chi connectivity index (χ0n) is 21.7. The van der Waals surface area contributed by atoms with Gasteiger partial charge in [-0.1, -0.05) is 25.1 Å². The molecule has 1 aromatic carbocycles. The molecule has 0 aliphatic heterocycles. The maximum atomic E-state index is 13.0. The van der Waals surface area contributed by atoms with Crippen LogP contribution in [-0.4, -0.2) is 44.4 Å². The van der Waals surface area contributed by atoms with Crippen molar-refractivity contribution in [1.82, 2.24) is 14.5 Å². The summed E-state index contributed by atoms with van der Waals surface area (Å²) in [4.78, 5) is 21.5. The fraction of sp³-hybridized carbons (Fsp3) is 0.500. The second kappa shape index (κ2) is 12.2. The highest BCUT2D eigenvalue weighted by molar-refractivity contribution is 7.84. The Kier molecular flexibility index (Phi) is 9.46. The van der Waals surface area contributed by atoms with Gasteiger partial charge in [-0.3, -0.25) is 13.6 Å². The Morgan fingerprint density at radius 1 is 1.27 bits per heavy atom. The summed E-state index contributed by atoms with van der Waals surface area (Å²) in [6, 6.07) is 5.93. The van der Waals surface area contributed by atoms with Crippen LogP contribution >= 0.6 is 0 Å². The van der Waals surface area contributed by atoms with Crippen LogP contribution in [-0.2, 0) is 34.6 Å². The van der Waals surface area contributed by atoms with Gasteiger partial charge in [-0.05, 0) is 43.7 Å². The minimum absolute atomic E-state index is 0.105. The van der Waals surface area contributed by atoms with Crippen molar-refractivity contribution >= 4 is 27.7 Å². The van der Waals surface area contributed by atoms with E-state index in [4.69, 9.17) is 4.74 Å². The molecular formula is C26H33F3N4O3S. The number of hydrogen-bond acceptors (Lipinski definition) is 6. The van der Waals surface area contributed by atoms with Gasteiger partial charge in [-0.25, -0.2) is 23.1 Å². The molecule has 1 atom stereocenters. The minimum Gasteiger partial charge on any atom is -0.373 e. The van der Waals surface area contributed by atoms with Crippen LogP contribution < -0.4 is 10.9 Å². The number of methoxy groups -OCH3 is 1. The van der Waals surface area contributed by atoms with Crippen LogP contribution in [0.5, 0.6) is 0 Å². The van der Waals surface area contributed by atoms with E-state index < -0.39 is 34.2 Å². The molecule has 0 spiro atoms. The van der Waals surface area contributed by atoms with Gasteiger partial charge in [0.25, 0.3) is 12.0 Å². The number of benzene rings is 1. The fourth-order valence-corrected chi connectivity index (χ4v) is 5.71. The Morgan fingerprint density at radius 2 is 1.95 bits per heavy atom. The number of nitrogens with zero attached hydrogens (tertiary/aromatic N) is 3. The summed E-state index contributed by atoms with van der Waals surface area (Å²) in [5.41, 5.74) is 0.285. The Balaban J connectivity index is 0.000000266. The molecule has 1 aliphatic rings. The summed E-state index contributed by atoms with van der Waals surface area (Å²) in [5, 5.41) is 4.01. The van der Waals surface area contributed by atoms with E-state index in [1.165, 1.54) is 18.5 Å². The van der Waals surface area contributed by atoms with Crippen LogP contribution in [0.15, 0.2) is 35.4 Å². The molecular weight excluding hydrogens is 505 g/mol. The number of pyridine rings is 1. The predicted molar refractivity (Wildman–Crippen MR) is 140 cm³/mol. The summed E-state index contributed by atoms with van der Waals surface area (Å²) >= 11 is 0. The molecule has 1 saturated carbocycles. The molecule has 7 nitrogen and oxygen atoms in total. The highest BCUT2D eigenvalue weighted by Crippen LogP contribution is 2.41. The first-order chi connectivity index (χ1) is 17.6. The number of anilines is 1. The maximum Gasteiger partial charge on any atom is 0.266 e. The van der Waals surface area contributed by atoms with Crippen LogP contribution in [0.1, 0.15) is 55.7 Å². The lowest BCUT2D eigenvalue weighted by Crippen LogP contribution is -2.41. The molecule has 0 radical (unpaired) electrons. The molecule has 1 N–H and O–H groups in total. The second-order valence-electron chi connectivity index (χ2n) is 9.00. The van der Waals surface area contributed by atoms with Gasteiger partial charge in [0.1, 0.15) is 23.6 Å². The van der Waals surface area contributed by atoms with Gasteiger partial charge in [0.05, 0.1) is 22.1 Å². The number of aryl methyl sites for hydroxylation is 2. The molecule has 0 bridgehead atoms. The third-order valence-electron chi connectivity index (χ3n) is 7.06. The van der Waals surface area contributed by atoms with Crippen LogP contribution in [0.25, 0.3) is 11.0 Å². The second-order valence-corrected chi connectivity index (χ2v) is 10.7. The number of hydrogen-bond donors (Lipinski definition) is 1. The maximum absolute atomic E-state index is 13.0. The minimum atomic E-state index is -2.73. The van der Waals surface area contributed by atoms with Crippen molar-refractivity contribution in [3.63, 3.8) is 0 Å². The quantitative estimate of drug-likeness (QED) is 0.483. The molecule has 0 saturated heterocycles. The van der Waals surface area contributed by atoms with Crippen LogP contribution in [0.4, 0.5) is 19.0 Å². The van der Waals surface area contributed by atoms with Crippen molar-refractivity contribution < 1.29 is 22.1 Å². The number of nitrogens with one attached hydrogen (secondary N) is 1. The van der Waals surface area contributed by atoms with E-state index in [-0.39, 0.29) is 10.8 Å². The fourth-order valence-electron chi connectivity index (χ4n) is 4.81. The van der Waals surface area contributed by atoms with Crippen molar-refractivity contribution in [3.05, 3.63) is 63.5 Å². The normalized spacial score (nSPS) is 20.4. The molecule has 2 heterocycles. The lowest BCUT2D eigenvalue weighted by atomic mass is 9.79. The van der Waals surface area contributed by atoms with Crippen molar-refractivity contribution in [2.75, 3.05) is 25.7 Å². The zero-order valence-corrected chi connectivity index (χ0v) is 22.5. The van der Waals surface area contributed by atoms with Crippen LogP contribution in [0, 0.1) is 5.82 Å². The first-order valence-corrected chi connectivity index (χ1v) is 13.7. The van der Waals surface area contributed by atoms with Gasteiger partial charge in [-0.15, -0.1) is 0 Å². The lowest BCUT2D eigenvalue weighted by molar-refractivity contribution is -0.0447. The Labute approximate surface area is 216 Å². The highest BCUT2D eigenvalue weighted by Gasteiger charge is 2.40. The Hall–Kier alpha value is -2.79. The van der Waals surface area contributed by atoms with E-state index in [2.05, 4.69) is 15.3 Å². The molecule has 11 heteroatoms. The summed E-state index contributed by atoms with van der Waals surface area (Å²) in [7, 11) is 4.31. The lowest BCUT2D eigenvalue weighted by Gasteiger charge is -2.38. The number of fused-ring (bicyclic) bond motifs is 1. The molecule has 3 aromatic rings. The first-order valence-electron chi connectivity index (χ1n) is 12.1. The highest BCUT2D eigenvalue weighted by atomic mass is 32.2. The predicted octanol–water partition coefficient (Wildman–Crippen LogP) is 4.86. The molecule has 37 heavy (non-hydrogen) atoms. The van der Waals surface area contributed by atoms with Crippen molar-refractivity contribution in [1.29, 1.82) is 0 Å². The number of halogens is 3. The van der Waals surface area contributed by atoms with Gasteiger partial charge in [0, 0.05) is 43.5 Å². The van der Waals surface area contributed by atoms with Gasteiger partial charge >= 0.3 is 0 Å². The molecule has 2 aromatic heterocycles. The van der Waals surface area contributed by atoms with E-state index in [9.17, 15) is 22.2 Å². The van der Waals surface area contributed by atoms with E-state index in [0.29, 0.717) is 41.9 Å². The Bertz CT molecular complexity index is 1320. The summed E-state index contributed by atoms with van der Waals surface area (Å²) < 4.78 is 56.5. The van der Waals surface area contributed by atoms with Crippen molar-refractivity contribution in [2.24, 2.45) is 7.05 Å². The third kappa shape index (κ3) is 5.87. The van der Waals surface area contributed by atoms with Gasteiger partial charge in [-0.2, -0.15) is 0 Å².